The SMILES string of the molecule is CCCN(CC(=O)Nc1cc(C(C)(C)C)nn1-c1ccccc1)C(=O)c1c(OC)cccc1OC. The molecule has 0 bridgehead atoms. The average Bonchev–Trinajstić information content (AvgIpc) is 3.27. The van der Waals surface area contributed by atoms with E-state index in [1.165, 1.54) is 19.1 Å². The standard InChI is InChI=1S/C27H34N4O4/c1-7-16-30(26(33)25-20(34-5)14-11-15-21(25)35-6)18-24(32)28-23-17-22(27(2,3)4)29-31(23)19-12-9-8-10-13-19/h8-15,17H,7,16,18H2,1-6H3,(H,28,32). The summed E-state index contributed by atoms with van der Waals surface area (Å²) in [5.41, 5.74) is 1.77. The molecule has 0 aliphatic rings. The fraction of sp³-hybridized carbons (Fsp3) is 0.370. The van der Waals surface area contributed by atoms with Crippen LogP contribution in [0.4, 0.5) is 5.82 Å². The first-order chi connectivity index (χ1) is 16.7. The van der Waals surface area contributed by atoms with Gasteiger partial charge in [-0.3, -0.25) is 9.59 Å². The summed E-state index contributed by atoms with van der Waals surface area (Å²) >= 11 is 0. The molecule has 186 valence electrons. The molecule has 3 aromatic rings. The van der Waals surface area contributed by atoms with Gasteiger partial charge in [-0.15, -0.1) is 0 Å². The fourth-order valence-corrected chi connectivity index (χ4v) is 3.70. The number of nitrogens with zero attached hydrogens (tertiary/aromatic N) is 3. The molecule has 1 heterocycles. The van der Waals surface area contributed by atoms with Gasteiger partial charge in [-0.2, -0.15) is 5.10 Å². The van der Waals surface area contributed by atoms with Crippen molar-refractivity contribution < 1.29 is 19.1 Å². The quantitative estimate of drug-likeness (QED) is 0.483. The Morgan fingerprint density at radius 3 is 2.17 bits per heavy atom. The maximum absolute atomic E-state index is 13.5. The second kappa shape index (κ2) is 11.1. The zero-order chi connectivity index (χ0) is 25.6. The number of hydrogen-bond acceptors (Lipinski definition) is 5. The van der Waals surface area contributed by atoms with Crippen molar-refractivity contribution in [2.24, 2.45) is 0 Å². The van der Waals surface area contributed by atoms with E-state index >= 15 is 0 Å². The summed E-state index contributed by atoms with van der Waals surface area (Å²) in [6.45, 7) is 8.44. The highest BCUT2D eigenvalue weighted by molar-refractivity contribution is 6.02. The monoisotopic (exact) mass is 478 g/mol. The van der Waals surface area contributed by atoms with Crippen LogP contribution in [-0.2, 0) is 10.2 Å². The molecule has 0 fully saturated rings. The van der Waals surface area contributed by atoms with Gasteiger partial charge in [-0.05, 0) is 30.7 Å². The number of anilines is 1. The molecule has 0 saturated heterocycles. The van der Waals surface area contributed by atoms with Crippen LogP contribution in [0.3, 0.4) is 0 Å². The van der Waals surface area contributed by atoms with Crippen LogP contribution in [0.15, 0.2) is 54.6 Å². The minimum atomic E-state index is -0.330. The Balaban J connectivity index is 1.89. The van der Waals surface area contributed by atoms with Gasteiger partial charge < -0.3 is 19.7 Å². The molecule has 0 saturated carbocycles. The van der Waals surface area contributed by atoms with Crippen LogP contribution in [0.5, 0.6) is 11.5 Å². The number of ether oxygens (including phenoxy) is 2. The Hall–Kier alpha value is -3.81. The molecule has 2 aromatic carbocycles. The molecule has 0 radical (unpaired) electrons. The minimum Gasteiger partial charge on any atom is -0.496 e. The number of hydrogen-bond donors (Lipinski definition) is 1. The molecule has 0 aliphatic heterocycles. The van der Waals surface area contributed by atoms with Gasteiger partial charge in [0.2, 0.25) is 5.91 Å². The molecule has 8 nitrogen and oxygen atoms in total. The van der Waals surface area contributed by atoms with Crippen molar-refractivity contribution in [2.45, 2.75) is 39.5 Å². The van der Waals surface area contributed by atoms with Gasteiger partial charge in [-0.1, -0.05) is 52.0 Å². The van der Waals surface area contributed by atoms with E-state index in [0.717, 1.165) is 11.4 Å². The lowest BCUT2D eigenvalue weighted by Gasteiger charge is -2.23. The lowest BCUT2D eigenvalue weighted by Crippen LogP contribution is -2.39. The van der Waals surface area contributed by atoms with E-state index < -0.39 is 0 Å². The number of benzene rings is 2. The van der Waals surface area contributed by atoms with Crippen LogP contribution in [0.2, 0.25) is 0 Å². The summed E-state index contributed by atoms with van der Waals surface area (Å²) in [5.74, 6) is 0.687. The molecule has 0 aliphatic carbocycles. The third-order valence-electron chi connectivity index (χ3n) is 5.50. The highest BCUT2D eigenvalue weighted by Crippen LogP contribution is 2.30. The smallest absolute Gasteiger partial charge is 0.261 e. The van der Waals surface area contributed by atoms with Gasteiger partial charge in [0, 0.05) is 18.0 Å². The van der Waals surface area contributed by atoms with Crippen molar-refractivity contribution in [2.75, 3.05) is 32.6 Å². The number of amides is 2. The number of carbonyl (C=O) groups excluding carboxylic acids is 2. The van der Waals surface area contributed by atoms with Crippen molar-refractivity contribution in [3.63, 3.8) is 0 Å². The highest BCUT2D eigenvalue weighted by Gasteiger charge is 2.26. The maximum atomic E-state index is 13.5. The van der Waals surface area contributed by atoms with Gasteiger partial charge in [0.1, 0.15) is 29.4 Å². The predicted octanol–water partition coefficient (Wildman–Crippen LogP) is 4.68. The molecule has 1 N–H and O–H groups in total. The van der Waals surface area contributed by atoms with Crippen molar-refractivity contribution in [3.05, 3.63) is 65.9 Å². The first-order valence-electron chi connectivity index (χ1n) is 11.7. The molecule has 2 amide bonds. The Morgan fingerprint density at radius 1 is 1.00 bits per heavy atom. The van der Waals surface area contributed by atoms with Crippen LogP contribution in [-0.4, -0.2) is 53.8 Å². The van der Waals surface area contributed by atoms with Crippen molar-refractivity contribution in [1.29, 1.82) is 0 Å². The van der Waals surface area contributed by atoms with Crippen LogP contribution in [0.1, 0.15) is 50.2 Å². The van der Waals surface area contributed by atoms with Gasteiger partial charge in [-0.25, -0.2) is 4.68 Å². The van der Waals surface area contributed by atoms with E-state index in [1.807, 2.05) is 43.3 Å². The van der Waals surface area contributed by atoms with Gasteiger partial charge in [0.15, 0.2) is 0 Å². The molecule has 35 heavy (non-hydrogen) atoms. The molecule has 3 rings (SSSR count). The Labute approximate surface area is 206 Å². The Bertz CT molecular complexity index is 1140. The number of methoxy groups -OCH3 is 2. The van der Waals surface area contributed by atoms with Gasteiger partial charge in [0.25, 0.3) is 5.91 Å². The highest BCUT2D eigenvalue weighted by atomic mass is 16.5. The van der Waals surface area contributed by atoms with E-state index in [9.17, 15) is 9.59 Å². The molecule has 0 spiro atoms. The summed E-state index contributed by atoms with van der Waals surface area (Å²) in [4.78, 5) is 28.2. The summed E-state index contributed by atoms with van der Waals surface area (Å²) in [7, 11) is 3.00. The van der Waals surface area contributed by atoms with E-state index in [-0.39, 0.29) is 23.8 Å². The van der Waals surface area contributed by atoms with Crippen LogP contribution in [0.25, 0.3) is 5.69 Å². The third kappa shape index (κ3) is 6.01. The predicted molar refractivity (Wildman–Crippen MR) is 137 cm³/mol. The topological polar surface area (TPSA) is 85.7 Å². The van der Waals surface area contributed by atoms with E-state index in [0.29, 0.717) is 35.8 Å². The molecule has 8 heteroatoms. The van der Waals surface area contributed by atoms with Crippen molar-refractivity contribution in [1.82, 2.24) is 14.7 Å². The number of para-hydroxylation sites is 1. The van der Waals surface area contributed by atoms with E-state index in [1.54, 1.807) is 22.9 Å². The van der Waals surface area contributed by atoms with Crippen LogP contribution < -0.4 is 14.8 Å². The summed E-state index contributed by atoms with van der Waals surface area (Å²) in [6, 6.07) is 16.6. The zero-order valence-corrected chi connectivity index (χ0v) is 21.3. The van der Waals surface area contributed by atoms with Gasteiger partial charge >= 0.3 is 0 Å². The Kier molecular flexibility index (Phi) is 8.17. The van der Waals surface area contributed by atoms with Crippen LogP contribution >= 0.6 is 0 Å². The fourth-order valence-electron chi connectivity index (χ4n) is 3.70. The first-order valence-corrected chi connectivity index (χ1v) is 11.7. The zero-order valence-electron chi connectivity index (χ0n) is 21.3. The Morgan fingerprint density at radius 2 is 1.63 bits per heavy atom. The van der Waals surface area contributed by atoms with Gasteiger partial charge in [0.05, 0.1) is 25.6 Å². The summed E-state index contributed by atoms with van der Waals surface area (Å²) in [6.07, 6.45) is 0.687. The maximum Gasteiger partial charge on any atom is 0.261 e. The van der Waals surface area contributed by atoms with Crippen molar-refractivity contribution in [3.8, 4) is 17.2 Å². The van der Waals surface area contributed by atoms with Crippen LogP contribution in [0, 0.1) is 0 Å². The second-order valence-electron chi connectivity index (χ2n) is 9.22. The first kappa shape index (κ1) is 25.8. The normalized spacial score (nSPS) is 11.1. The van der Waals surface area contributed by atoms with E-state index in [4.69, 9.17) is 14.6 Å². The summed E-state index contributed by atoms with van der Waals surface area (Å²) < 4.78 is 12.5. The molecule has 0 atom stereocenters. The molecular formula is C27H34N4O4. The molecular weight excluding hydrogens is 444 g/mol. The van der Waals surface area contributed by atoms with E-state index in [2.05, 4.69) is 26.1 Å². The number of nitrogens with one attached hydrogen (secondary N) is 1. The number of carbonyl (C=O) groups is 2. The molecule has 1 aromatic heterocycles. The lowest BCUT2D eigenvalue weighted by molar-refractivity contribution is -0.116. The number of aromatic nitrogens is 2. The van der Waals surface area contributed by atoms with Crippen molar-refractivity contribution >= 4 is 17.6 Å². The minimum absolute atomic E-state index is 0.126. The average molecular weight is 479 g/mol. The third-order valence-corrected chi connectivity index (χ3v) is 5.50. The lowest BCUT2D eigenvalue weighted by atomic mass is 9.92. The number of rotatable bonds is 9. The largest absolute Gasteiger partial charge is 0.496 e. The second-order valence-corrected chi connectivity index (χ2v) is 9.22. The summed E-state index contributed by atoms with van der Waals surface area (Å²) in [5, 5.41) is 7.70. The molecule has 0 unspecified atom stereocenters.